The van der Waals surface area contributed by atoms with Crippen LogP contribution in [-0.4, -0.2) is 30.8 Å². The van der Waals surface area contributed by atoms with Gasteiger partial charge in [-0.05, 0) is 20.8 Å². The van der Waals surface area contributed by atoms with Crippen LogP contribution in [0.3, 0.4) is 0 Å². The van der Waals surface area contributed by atoms with Gasteiger partial charge < -0.3 is 15.4 Å². The molecule has 0 radical (unpaired) electrons. The maximum Gasteiger partial charge on any atom is 0.408 e. The maximum atomic E-state index is 11.4. The average Bonchev–Trinajstić information content (AvgIpc) is 2.13. The molecule has 2 N–H and O–H groups in total. The van der Waals surface area contributed by atoms with Gasteiger partial charge in [0, 0.05) is 13.1 Å². The second-order valence-electron chi connectivity index (χ2n) is 4.44. The summed E-state index contributed by atoms with van der Waals surface area (Å²) < 4.78 is 5.13. The van der Waals surface area contributed by atoms with Crippen molar-refractivity contribution in [2.24, 2.45) is 0 Å². The van der Waals surface area contributed by atoms with Crippen molar-refractivity contribution in [3.63, 3.8) is 0 Å². The fraction of sp³-hybridized carbons (Fsp3) is 0.583. The highest BCUT2D eigenvalue weighted by Crippen LogP contribution is 2.06. The molecule has 0 fully saturated rings. The van der Waals surface area contributed by atoms with Crippen molar-refractivity contribution >= 4 is 6.09 Å². The number of nitrogens with one attached hydrogen (secondary N) is 2. The van der Waals surface area contributed by atoms with Gasteiger partial charge in [-0.2, -0.15) is 0 Å². The van der Waals surface area contributed by atoms with E-state index in [0.717, 1.165) is 0 Å². The van der Waals surface area contributed by atoms with Crippen LogP contribution >= 0.6 is 0 Å². The fourth-order valence-corrected chi connectivity index (χ4v) is 0.993. The molecule has 1 amide bonds. The first-order chi connectivity index (χ1) is 7.39. The molecule has 4 nitrogen and oxygen atoms in total. The standard InChI is InChI=1S/C12H22N2O2/c1-6-8-13-9-10(7-2)14-11(15)16-12(3,4)5/h6-7,10,13H,1-2,8-9H2,3-5H3,(H,14,15). The lowest BCUT2D eigenvalue weighted by atomic mass is 10.2. The largest absolute Gasteiger partial charge is 0.444 e. The first kappa shape index (κ1) is 14.7. The number of carbonyl (C=O) groups is 1. The smallest absolute Gasteiger partial charge is 0.408 e. The summed E-state index contributed by atoms with van der Waals surface area (Å²) >= 11 is 0. The number of amides is 1. The molecule has 16 heavy (non-hydrogen) atoms. The lowest BCUT2D eigenvalue weighted by Crippen LogP contribution is -2.43. The van der Waals surface area contributed by atoms with Crippen LogP contribution in [0.5, 0.6) is 0 Å². The Morgan fingerprint density at radius 2 is 2.06 bits per heavy atom. The molecular weight excluding hydrogens is 204 g/mol. The van der Waals surface area contributed by atoms with E-state index in [0.29, 0.717) is 13.1 Å². The minimum Gasteiger partial charge on any atom is -0.444 e. The third kappa shape index (κ3) is 8.05. The van der Waals surface area contributed by atoms with E-state index < -0.39 is 11.7 Å². The predicted octanol–water partition coefficient (Wildman–Crippen LogP) is 1.84. The van der Waals surface area contributed by atoms with Gasteiger partial charge in [-0.1, -0.05) is 12.2 Å². The van der Waals surface area contributed by atoms with Crippen molar-refractivity contribution in [3.8, 4) is 0 Å². The van der Waals surface area contributed by atoms with E-state index in [1.807, 2.05) is 20.8 Å². The molecule has 0 aliphatic carbocycles. The zero-order valence-corrected chi connectivity index (χ0v) is 10.4. The minimum absolute atomic E-state index is 0.144. The third-order valence-corrected chi connectivity index (χ3v) is 1.64. The van der Waals surface area contributed by atoms with Crippen molar-refractivity contribution in [3.05, 3.63) is 25.3 Å². The Kier molecular flexibility index (Phi) is 6.49. The molecule has 4 heteroatoms. The molecule has 0 spiro atoms. The first-order valence-electron chi connectivity index (χ1n) is 5.32. The highest BCUT2D eigenvalue weighted by molar-refractivity contribution is 5.68. The topological polar surface area (TPSA) is 50.4 Å². The second kappa shape index (κ2) is 7.06. The molecule has 0 bridgehead atoms. The molecule has 0 aromatic rings. The third-order valence-electron chi connectivity index (χ3n) is 1.64. The van der Waals surface area contributed by atoms with Gasteiger partial charge in [-0.3, -0.25) is 0 Å². The zero-order valence-electron chi connectivity index (χ0n) is 10.4. The van der Waals surface area contributed by atoms with Crippen LogP contribution in [0, 0.1) is 0 Å². The number of rotatable bonds is 6. The van der Waals surface area contributed by atoms with E-state index in [1.165, 1.54) is 0 Å². The molecule has 0 rings (SSSR count). The summed E-state index contributed by atoms with van der Waals surface area (Å²) in [5.41, 5.74) is -0.482. The Labute approximate surface area is 97.7 Å². The molecular formula is C12H22N2O2. The van der Waals surface area contributed by atoms with Gasteiger partial charge in [0.25, 0.3) is 0 Å². The van der Waals surface area contributed by atoms with Gasteiger partial charge in [0.05, 0.1) is 6.04 Å². The lowest BCUT2D eigenvalue weighted by molar-refractivity contribution is 0.0514. The number of alkyl carbamates (subject to hydrolysis) is 1. The summed E-state index contributed by atoms with van der Waals surface area (Å²) in [4.78, 5) is 11.4. The maximum absolute atomic E-state index is 11.4. The summed E-state index contributed by atoms with van der Waals surface area (Å²) in [6, 6.07) is -0.144. The molecule has 0 aromatic heterocycles. The van der Waals surface area contributed by atoms with Crippen LogP contribution in [-0.2, 0) is 4.74 Å². The molecule has 1 atom stereocenters. The van der Waals surface area contributed by atoms with Crippen molar-refractivity contribution in [1.82, 2.24) is 10.6 Å². The van der Waals surface area contributed by atoms with Crippen molar-refractivity contribution in [1.29, 1.82) is 0 Å². The van der Waals surface area contributed by atoms with Crippen LogP contribution in [0.1, 0.15) is 20.8 Å². The number of hydrogen-bond acceptors (Lipinski definition) is 3. The van der Waals surface area contributed by atoms with Crippen LogP contribution in [0.25, 0.3) is 0 Å². The minimum atomic E-state index is -0.482. The van der Waals surface area contributed by atoms with Crippen LogP contribution in [0.4, 0.5) is 4.79 Å². The average molecular weight is 226 g/mol. The zero-order chi connectivity index (χ0) is 12.6. The second-order valence-corrected chi connectivity index (χ2v) is 4.44. The summed E-state index contributed by atoms with van der Waals surface area (Å²) in [5, 5.41) is 5.80. The number of ether oxygens (including phenoxy) is 1. The molecule has 0 saturated heterocycles. The van der Waals surface area contributed by atoms with E-state index >= 15 is 0 Å². The van der Waals surface area contributed by atoms with Crippen LogP contribution < -0.4 is 10.6 Å². The van der Waals surface area contributed by atoms with E-state index in [2.05, 4.69) is 23.8 Å². The Morgan fingerprint density at radius 1 is 1.44 bits per heavy atom. The molecule has 0 aliphatic heterocycles. The lowest BCUT2D eigenvalue weighted by Gasteiger charge is -2.22. The monoisotopic (exact) mass is 226 g/mol. The van der Waals surface area contributed by atoms with E-state index in [4.69, 9.17) is 4.74 Å². The molecule has 0 aliphatic rings. The van der Waals surface area contributed by atoms with Gasteiger partial charge in [0.1, 0.15) is 5.60 Å². The van der Waals surface area contributed by atoms with Gasteiger partial charge in [0.15, 0.2) is 0 Å². The number of carbonyl (C=O) groups excluding carboxylic acids is 1. The van der Waals surface area contributed by atoms with E-state index in [-0.39, 0.29) is 6.04 Å². The summed E-state index contributed by atoms with van der Waals surface area (Å²) in [7, 11) is 0. The van der Waals surface area contributed by atoms with Crippen molar-refractivity contribution in [2.75, 3.05) is 13.1 Å². The SMILES string of the molecule is C=CCNCC(C=C)NC(=O)OC(C)(C)C. The van der Waals surface area contributed by atoms with Crippen LogP contribution in [0.15, 0.2) is 25.3 Å². The molecule has 0 aromatic carbocycles. The Hall–Kier alpha value is -1.29. The summed E-state index contributed by atoms with van der Waals surface area (Å²) in [5.74, 6) is 0. The highest BCUT2D eigenvalue weighted by Gasteiger charge is 2.17. The molecule has 1 unspecified atom stereocenters. The normalized spacial score (nSPS) is 12.7. The van der Waals surface area contributed by atoms with Crippen molar-refractivity contribution < 1.29 is 9.53 Å². The fourth-order valence-electron chi connectivity index (χ4n) is 0.993. The number of hydrogen-bond donors (Lipinski definition) is 2. The molecule has 0 saturated carbocycles. The molecule has 0 heterocycles. The van der Waals surface area contributed by atoms with Gasteiger partial charge in [-0.15, -0.1) is 13.2 Å². The Balaban J connectivity index is 3.97. The Bertz CT molecular complexity index is 244. The van der Waals surface area contributed by atoms with Gasteiger partial charge in [0.2, 0.25) is 0 Å². The first-order valence-corrected chi connectivity index (χ1v) is 5.32. The highest BCUT2D eigenvalue weighted by atomic mass is 16.6. The van der Waals surface area contributed by atoms with Crippen LogP contribution in [0.2, 0.25) is 0 Å². The quantitative estimate of drug-likeness (QED) is 0.537. The molecule has 92 valence electrons. The van der Waals surface area contributed by atoms with E-state index in [1.54, 1.807) is 12.2 Å². The van der Waals surface area contributed by atoms with E-state index in [9.17, 15) is 4.79 Å². The van der Waals surface area contributed by atoms with Crippen molar-refractivity contribution in [2.45, 2.75) is 32.4 Å². The van der Waals surface area contributed by atoms with Gasteiger partial charge >= 0.3 is 6.09 Å². The summed E-state index contributed by atoms with van der Waals surface area (Å²) in [6.07, 6.45) is 2.99. The predicted molar refractivity (Wildman–Crippen MR) is 66.4 cm³/mol. The summed E-state index contributed by atoms with van der Waals surface area (Å²) in [6.45, 7) is 14.0. The van der Waals surface area contributed by atoms with Gasteiger partial charge in [-0.25, -0.2) is 4.79 Å². The Morgan fingerprint density at radius 3 is 2.50 bits per heavy atom.